The van der Waals surface area contributed by atoms with Gasteiger partial charge in [-0.3, -0.25) is 4.79 Å². The van der Waals surface area contributed by atoms with Gasteiger partial charge >= 0.3 is 0 Å². The van der Waals surface area contributed by atoms with Crippen molar-refractivity contribution < 1.29 is 14.3 Å². The molecule has 0 saturated heterocycles. The van der Waals surface area contributed by atoms with E-state index in [1.807, 2.05) is 0 Å². The Hall–Kier alpha value is -2.24. The minimum absolute atomic E-state index is 0.405. The Morgan fingerprint density at radius 3 is 2.46 bits per heavy atom. The van der Waals surface area contributed by atoms with E-state index in [2.05, 4.69) is 10.5 Å². The molecule has 1 unspecified atom stereocenters. The van der Waals surface area contributed by atoms with Crippen molar-refractivity contribution in [3.63, 3.8) is 0 Å². The van der Waals surface area contributed by atoms with Crippen LogP contribution in [0.5, 0.6) is 11.5 Å². The molecule has 0 saturated carbocycles. The third-order valence-corrected chi connectivity index (χ3v) is 3.75. The molecule has 0 spiro atoms. The molecule has 0 fully saturated rings. The third kappa shape index (κ3) is 4.88. The summed E-state index contributed by atoms with van der Waals surface area (Å²) in [5, 5.41) is 4.75. The molecule has 0 aromatic heterocycles. The fraction of sp³-hybridized carbons (Fsp3) is 0.176. The number of hydrogen-bond donors (Lipinski definition) is 1. The quantitative estimate of drug-likeness (QED) is 0.622. The van der Waals surface area contributed by atoms with Gasteiger partial charge in [-0.2, -0.15) is 5.10 Å². The number of amides is 1. The monoisotopic (exact) mass is 366 g/mol. The molecular formula is C17H16Cl2N2O3. The highest BCUT2D eigenvalue weighted by molar-refractivity contribution is 6.38. The van der Waals surface area contributed by atoms with Crippen LogP contribution in [-0.2, 0) is 4.79 Å². The SMILES string of the molecule is COc1cccc(OC(C)C(=O)N/N=C/c2c(Cl)cccc2Cl)c1. The van der Waals surface area contributed by atoms with Gasteiger partial charge in [0.2, 0.25) is 0 Å². The predicted molar refractivity (Wildman–Crippen MR) is 95.3 cm³/mol. The number of benzene rings is 2. The number of hydrazone groups is 1. The zero-order chi connectivity index (χ0) is 17.5. The Bertz CT molecular complexity index is 730. The molecular weight excluding hydrogens is 351 g/mol. The molecule has 0 heterocycles. The van der Waals surface area contributed by atoms with Gasteiger partial charge in [0.1, 0.15) is 11.5 Å². The van der Waals surface area contributed by atoms with Crippen LogP contribution in [-0.4, -0.2) is 25.3 Å². The summed E-state index contributed by atoms with van der Waals surface area (Å²) in [6.07, 6.45) is 0.650. The molecule has 0 radical (unpaired) electrons. The minimum atomic E-state index is -0.740. The maximum absolute atomic E-state index is 12.0. The Labute approximate surface area is 150 Å². The number of halogens is 2. The Morgan fingerprint density at radius 1 is 1.17 bits per heavy atom. The third-order valence-electron chi connectivity index (χ3n) is 3.09. The summed E-state index contributed by atoms with van der Waals surface area (Å²) in [6, 6.07) is 12.1. The molecule has 126 valence electrons. The van der Waals surface area contributed by atoms with Gasteiger partial charge in [0.25, 0.3) is 5.91 Å². The number of rotatable bonds is 6. The van der Waals surface area contributed by atoms with E-state index >= 15 is 0 Å². The van der Waals surface area contributed by atoms with Crippen LogP contribution in [0.15, 0.2) is 47.6 Å². The lowest BCUT2D eigenvalue weighted by Gasteiger charge is -2.13. The second-order valence-corrected chi connectivity index (χ2v) is 5.62. The Morgan fingerprint density at radius 2 is 1.79 bits per heavy atom. The normalized spacial score (nSPS) is 12.0. The Balaban J connectivity index is 1.95. The number of ether oxygens (including phenoxy) is 2. The number of nitrogens with zero attached hydrogens (tertiary/aromatic N) is 1. The van der Waals surface area contributed by atoms with Gasteiger partial charge in [-0.1, -0.05) is 35.3 Å². The van der Waals surface area contributed by atoms with E-state index in [1.54, 1.807) is 56.5 Å². The van der Waals surface area contributed by atoms with Gasteiger partial charge in [0, 0.05) is 11.6 Å². The van der Waals surface area contributed by atoms with Crippen LogP contribution in [0.3, 0.4) is 0 Å². The van der Waals surface area contributed by atoms with Crippen LogP contribution < -0.4 is 14.9 Å². The minimum Gasteiger partial charge on any atom is -0.497 e. The first-order valence-electron chi connectivity index (χ1n) is 7.09. The largest absolute Gasteiger partial charge is 0.497 e. The molecule has 2 rings (SSSR count). The first kappa shape index (κ1) is 18.1. The lowest BCUT2D eigenvalue weighted by Crippen LogP contribution is -2.33. The van der Waals surface area contributed by atoms with Crippen LogP contribution in [0.1, 0.15) is 12.5 Å². The van der Waals surface area contributed by atoms with Gasteiger partial charge in [0.05, 0.1) is 23.4 Å². The number of hydrogen-bond acceptors (Lipinski definition) is 4. The van der Waals surface area contributed by atoms with Crippen LogP contribution >= 0.6 is 23.2 Å². The highest BCUT2D eigenvalue weighted by atomic mass is 35.5. The van der Waals surface area contributed by atoms with E-state index in [0.717, 1.165) is 0 Å². The van der Waals surface area contributed by atoms with Crippen molar-refractivity contribution in [1.29, 1.82) is 0 Å². The highest BCUT2D eigenvalue weighted by Crippen LogP contribution is 2.22. The Kier molecular flexibility index (Phi) is 6.46. The summed E-state index contributed by atoms with van der Waals surface area (Å²) in [6.45, 7) is 1.62. The van der Waals surface area contributed by atoms with E-state index in [-0.39, 0.29) is 0 Å². The highest BCUT2D eigenvalue weighted by Gasteiger charge is 2.14. The summed E-state index contributed by atoms with van der Waals surface area (Å²) in [5.41, 5.74) is 2.92. The standard InChI is InChI=1S/C17H16Cl2N2O3/c1-11(24-13-6-3-5-12(9-13)23-2)17(22)21-20-10-14-15(18)7-4-8-16(14)19/h3-11H,1-2H3,(H,21,22)/b20-10+. The van der Waals surface area contributed by atoms with Crippen LogP contribution in [0.2, 0.25) is 10.0 Å². The molecule has 7 heteroatoms. The van der Waals surface area contributed by atoms with Crippen molar-refractivity contribution in [2.24, 2.45) is 5.10 Å². The second kappa shape index (κ2) is 8.57. The summed E-state index contributed by atoms with van der Waals surface area (Å²) in [4.78, 5) is 12.0. The summed E-state index contributed by atoms with van der Waals surface area (Å²) in [5.74, 6) is 0.763. The maximum Gasteiger partial charge on any atom is 0.280 e. The molecule has 2 aromatic carbocycles. The van der Waals surface area contributed by atoms with Crippen molar-refractivity contribution in [2.75, 3.05) is 7.11 Å². The topological polar surface area (TPSA) is 59.9 Å². The fourth-order valence-corrected chi connectivity index (χ4v) is 2.31. The average molecular weight is 367 g/mol. The zero-order valence-corrected chi connectivity index (χ0v) is 14.6. The van der Waals surface area contributed by atoms with E-state index in [0.29, 0.717) is 27.1 Å². The van der Waals surface area contributed by atoms with Gasteiger partial charge in [-0.25, -0.2) is 5.43 Å². The van der Waals surface area contributed by atoms with Gasteiger partial charge in [0.15, 0.2) is 6.10 Å². The molecule has 1 atom stereocenters. The maximum atomic E-state index is 12.0. The summed E-state index contributed by atoms with van der Waals surface area (Å²) >= 11 is 12.0. The van der Waals surface area contributed by atoms with E-state index < -0.39 is 12.0 Å². The van der Waals surface area contributed by atoms with E-state index in [1.165, 1.54) is 6.21 Å². The zero-order valence-electron chi connectivity index (χ0n) is 13.1. The average Bonchev–Trinajstić information content (AvgIpc) is 2.57. The van der Waals surface area contributed by atoms with Crippen LogP contribution in [0.4, 0.5) is 0 Å². The predicted octanol–water partition coefficient (Wildman–Crippen LogP) is 3.92. The van der Waals surface area contributed by atoms with Crippen molar-refractivity contribution in [2.45, 2.75) is 13.0 Å². The lowest BCUT2D eigenvalue weighted by molar-refractivity contribution is -0.127. The number of methoxy groups -OCH3 is 1. The van der Waals surface area contributed by atoms with Crippen molar-refractivity contribution in [3.05, 3.63) is 58.1 Å². The molecule has 1 amide bonds. The molecule has 5 nitrogen and oxygen atoms in total. The molecule has 0 aliphatic carbocycles. The number of carbonyl (C=O) groups excluding carboxylic acids is 1. The van der Waals surface area contributed by atoms with Crippen molar-refractivity contribution in [1.82, 2.24) is 5.43 Å². The van der Waals surface area contributed by atoms with Crippen molar-refractivity contribution >= 4 is 35.3 Å². The molecule has 2 aromatic rings. The van der Waals surface area contributed by atoms with Gasteiger partial charge < -0.3 is 9.47 Å². The van der Waals surface area contributed by atoms with E-state index in [4.69, 9.17) is 32.7 Å². The fourth-order valence-electron chi connectivity index (χ4n) is 1.82. The molecule has 1 N–H and O–H groups in total. The molecule has 0 aliphatic heterocycles. The molecule has 0 aliphatic rings. The van der Waals surface area contributed by atoms with Gasteiger partial charge in [-0.05, 0) is 31.2 Å². The lowest BCUT2D eigenvalue weighted by atomic mass is 10.2. The molecule has 0 bridgehead atoms. The van der Waals surface area contributed by atoms with Crippen LogP contribution in [0.25, 0.3) is 0 Å². The molecule has 24 heavy (non-hydrogen) atoms. The van der Waals surface area contributed by atoms with E-state index in [9.17, 15) is 4.79 Å². The number of carbonyl (C=O) groups is 1. The van der Waals surface area contributed by atoms with Crippen molar-refractivity contribution in [3.8, 4) is 11.5 Å². The first-order valence-corrected chi connectivity index (χ1v) is 7.84. The second-order valence-electron chi connectivity index (χ2n) is 4.81. The number of nitrogens with one attached hydrogen (secondary N) is 1. The first-order chi connectivity index (χ1) is 11.5. The summed E-state index contributed by atoms with van der Waals surface area (Å²) < 4.78 is 10.7. The van der Waals surface area contributed by atoms with Crippen LogP contribution in [0, 0.1) is 0 Å². The van der Waals surface area contributed by atoms with Gasteiger partial charge in [-0.15, -0.1) is 0 Å². The smallest absolute Gasteiger partial charge is 0.280 e. The summed E-state index contributed by atoms with van der Waals surface area (Å²) in [7, 11) is 1.56.